The summed E-state index contributed by atoms with van der Waals surface area (Å²) >= 11 is 0. The number of nitrogens with zero attached hydrogens (tertiary/aromatic N) is 2. The molecule has 0 aromatic carbocycles. The highest BCUT2D eigenvalue weighted by atomic mass is 16.4. The predicted molar refractivity (Wildman–Crippen MR) is 62.2 cm³/mol. The molecule has 0 bridgehead atoms. The molecule has 1 N–H and O–H groups in total. The second kappa shape index (κ2) is 5.43. The minimum absolute atomic E-state index is 0.169. The van der Waals surface area contributed by atoms with Gasteiger partial charge >= 0.3 is 0 Å². The van der Waals surface area contributed by atoms with Crippen molar-refractivity contribution >= 4 is 0 Å². The van der Waals surface area contributed by atoms with Crippen LogP contribution in [-0.4, -0.2) is 16.7 Å². The zero-order valence-electron chi connectivity index (χ0n) is 10.2. The predicted octanol–water partition coefficient (Wildman–Crippen LogP) is 2.79. The second-order valence-corrected chi connectivity index (χ2v) is 4.64. The molecule has 0 aliphatic heterocycles. The Balaban J connectivity index is 1.95. The lowest BCUT2D eigenvalue weighted by Gasteiger charge is -2.08. The maximum absolute atomic E-state index is 5.74. The molecule has 0 radical (unpaired) electrons. The van der Waals surface area contributed by atoms with Gasteiger partial charge in [-0.3, -0.25) is 0 Å². The lowest BCUT2D eigenvalue weighted by molar-refractivity contribution is 0.375. The van der Waals surface area contributed by atoms with E-state index in [4.69, 9.17) is 4.42 Å². The molecule has 2 rings (SSSR count). The maximum atomic E-state index is 5.74. The molecule has 1 atom stereocenters. The molecule has 1 aromatic rings. The van der Waals surface area contributed by atoms with Gasteiger partial charge in [0.2, 0.25) is 11.8 Å². The third-order valence-corrected chi connectivity index (χ3v) is 3.23. The van der Waals surface area contributed by atoms with Gasteiger partial charge in [-0.05, 0) is 32.7 Å². The van der Waals surface area contributed by atoms with Crippen molar-refractivity contribution in [3.8, 4) is 0 Å². The van der Waals surface area contributed by atoms with E-state index in [0.717, 1.165) is 24.7 Å². The number of aromatic nitrogens is 2. The Bertz CT molecular complexity index is 318. The molecule has 0 spiro atoms. The van der Waals surface area contributed by atoms with Crippen molar-refractivity contribution in [2.24, 2.45) is 0 Å². The van der Waals surface area contributed by atoms with Crippen LogP contribution in [0.1, 0.15) is 69.7 Å². The van der Waals surface area contributed by atoms with E-state index in [9.17, 15) is 0 Å². The SMILES string of the molecule is CCCNC(C)c1nnc(C2CCCC2)o1. The molecule has 1 aliphatic carbocycles. The summed E-state index contributed by atoms with van der Waals surface area (Å²) in [7, 11) is 0. The molecule has 1 heterocycles. The highest BCUT2D eigenvalue weighted by Crippen LogP contribution is 2.33. The topological polar surface area (TPSA) is 51.0 Å². The number of hydrogen-bond donors (Lipinski definition) is 1. The van der Waals surface area contributed by atoms with Crippen LogP contribution in [0.15, 0.2) is 4.42 Å². The van der Waals surface area contributed by atoms with Gasteiger partial charge in [-0.25, -0.2) is 0 Å². The van der Waals surface area contributed by atoms with Crippen molar-refractivity contribution in [2.45, 2.75) is 57.9 Å². The molecule has 4 nitrogen and oxygen atoms in total. The van der Waals surface area contributed by atoms with Crippen LogP contribution in [0.25, 0.3) is 0 Å². The highest BCUT2D eigenvalue weighted by Gasteiger charge is 2.23. The average molecular weight is 223 g/mol. The summed E-state index contributed by atoms with van der Waals surface area (Å²) in [6.07, 6.45) is 6.13. The van der Waals surface area contributed by atoms with Crippen LogP contribution in [0, 0.1) is 0 Å². The van der Waals surface area contributed by atoms with Crippen LogP contribution >= 0.6 is 0 Å². The van der Waals surface area contributed by atoms with Crippen molar-refractivity contribution in [3.05, 3.63) is 11.8 Å². The first-order valence-corrected chi connectivity index (χ1v) is 6.38. The minimum atomic E-state index is 0.169. The van der Waals surface area contributed by atoms with E-state index >= 15 is 0 Å². The summed E-state index contributed by atoms with van der Waals surface area (Å²) in [4.78, 5) is 0. The van der Waals surface area contributed by atoms with Gasteiger partial charge in [0, 0.05) is 5.92 Å². The summed E-state index contributed by atoms with van der Waals surface area (Å²) < 4.78 is 5.74. The molecule has 0 amide bonds. The average Bonchev–Trinajstić information content (AvgIpc) is 2.94. The van der Waals surface area contributed by atoms with Crippen molar-refractivity contribution in [2.75, 3.05) is 6.54 Å². The second-order valence-electron chi connectivity index (χ2n) is 4.64. The van der Waals surface area contributed by atoms with Gasteiger partial charge in [0.05, 0.1) is 6.04 Å². The first-order chi connectivity index (χ1) is 7.81. The summed E-state index contributed by atoms with van der Waals surface area (Å²) in [6.45, 7) is 5.21. The smallest absolute Gasteiger partial charge is 0.233 e. The van der Waals surface area contributed by atoms with E-state index in [-0.39, 0.29) is 6.04 Å². The Hall–Kier alpha value is -0.900. The molecule has 1 saturated carbocycles. The van der Waals surface area contributed by atoms with E-state index in [1.54, 1.807) is 0 Å². The van der Waals surface area contributed by atoms with E-state index in [0.29, 0.717) is 5.92 Å². The Kier molecular flexibility index (Phi) is 3.93. The molecule has 16 heavy (non-hydrogen) atoms. The molecular formula is C12H21N3O. The van der Waals surface area contributed by atoms with Crippen LogP contribution in [0.2, 0.25) is 0 Å². The monoisotopic (exact) mass is 223 g/mol. The number of nitrogens with one attached hydrogen (secondary N) is 1. The summed E-state index contributed by atoms with van der Waals surface area (Å²) in [5, 5.41) is 11.7. The quantitative estimate of drug-likeness (QED) is 0.834. The summed E-state index contributed by atoms with van der Waals surface area (Å²) in [6, 6.07) is 0.169. The summed E-state index contributed by atoms with van der Waals surface area (Å²) in [5.41, 5.74) is 0. The molecule has 4 heteroatoms. The number of rotatable bonds is 5. The van der Waals surface area contributed by atoms with Crippen molar-refractivity contribution in [1.29, 1.82) is 0 Å². The van der Waals surface area contributed by atoms with Gasteiger partial charge in [0.15, 0.2) is 0 Å². The molecule has 1 aliphatic rings. The zero-order chi connectivity index (χ0) is 11.4. The Morgan fingerprint density at radius 1 is 1.38 bits per heavy atom. The molecule has 0 saturated heterocycles. The highest BCUT2D eigenvalue weighted by molar-refractivity contribution is 4.96. The van der Waals surface area contributed by atoms with Crippen LogP contribution in [0.4, 0.5) is 0 Å². The van der Waals surface area contributed by atoms with Crippen molar-refractivity contribution in [3.63, 3.8) is 0 Å². The van der Waals surface area contributed by atoms with E-state index in [2.05, 4.69) is 29.4 Å². The van der Waals surface area contributed by atoms with Gasteiger partial charge < -0.3 is 9.73 Å². The number of hydrogen-bond acceptors (Lipinski definition) is 4. The Morgan fingerprint density at radius 2 is 2.12 bits per heavy atom. The maximum Gasteiger partial charge on any atom is 0.233 e. The van der Waals surface area contributed by atoms with Crippen LogP contribution in [-0.2, 0) is 0 Å². The van der Waals surface area contributed by atoms with Crippen molar-refractivity contribution < 1.29 is 4.42 Å². The molecule has 90 valence electrons. The fourth-order valence-electron chi connectivity index (χ4n) is 2.21. The lowest BCUT2D eigenvalue weighted by atomic mass is 10.1. The molecule has 1 unspecified atom stereocenters. The van der Waals surface area contributed by atoms with Crippen LogP contribution in [0.5, 0.6) is 0 Å². The Labute approximate surface area is 96.8 Å². The minimum Gasteiger partial charge on any atom is -0.423 e. The first-order valence-electron chi connectivity index (χ1n) is 6.38. The van der Waals surface area contributed by atoms with E-state index in [1.165, 1.54) is 25.7 Å². The first kappa shape index (κ1) is 11.6. The Morgan fingerprint density at radius 3 is 2.81 bits per heavy atom. The van der Waals surface area contributed by atoms with Crippen molar-refractivity contribution in [1.82, 2.24) is 15.5 Å². The normalized spacial score (nSPS) is 19.1. The largest absolute Gasteiger partial charge is 0.423 e. The summed E-state index contributed by atoms with van der Waals surface area (Å²) in [5.74, 6) is 2.09. The molecule has 1 fully saturated rings. The molecule has 1 aromatic heterocycles. The van der Waals surface area contributed by atoms with E-state index < -0.39 is 0 Å². The van der Waals surface area contributed by atoms with Gasteiger partial charge in [-0.1, -0.05) is 19.8 Å². The standard InChI is InChI=1S/C12H21N3O/c1-3-8-13-9(2)11-14-15-12(16-11)10-6-4-5-7-10/h9-10,13H,3-8H2,1-2H3. The van der Waals surface area contributed by atoms with Crippen LogP contribution < -0.4 is 5.32 Å². The van der Waals surface area contributed by atoms with Gasteiger partial charge in [-0.2, -0.15) is 0 Å². The fraction of sp³-hybridized carbons (Fsp3) is 0.833. The van der Waals surface area contributed by atoms with E-state index in [1.807, 2.05) is 0 Å². The van der Waals surface area contributed by atoms with Gasteiger partial charge in [0.1, 0.15) is 0 Å². The van der Waals surface area contributed by atoms with Crippen LogP contribution in [0.3, 0.4) is 0 Å². The zero-order valence-corrected chi connectivity index (χ0v) is 10.2. The third-order valence-electron chi connectivity index (χ3n) is 3.23. The lowest BCUT2D eigenvalue weighted by Crippen LogP contribution is -2.19. The van der Waals surface area contributed by atoms with Gasteiger partial charge in [-0.15, -0.1) is 10.2 Å². The van der Waals surface area contributed by atoms with Gasteiger partial charge in [0.25, 0.3) is 0 Å². The fourth-order valence-corrected chi connectivity index (χ4v) is 2.21. The molecular weight excluding hydrogens is 202 g/mol. The third kappa shape index (κ3) is 2.61.